The number of rotatable bonds is 8. The number of anilines is 2. The number of nitrogens with zero attached hydrogens (tertiary/aromatic N) is 1. The fourth-order valence-electron chi connectivity index (χ4n) is 3.28. The first-order valence-electron chi connectivity index (χ1n) is 10.1. The normalized spacial score (nSPS) is 16.2. The van der Waals surface area contributed by atoms with Crippen molar-refractivity contribution >= 4 is 35.2 Å². The first-order valence-corrected chi connectivity index (χ1v) is 10.1. The van der Waals surface area contributed by atoms with Crippen molar-refractivity contribution in [1.29, 1.82) is 0 Å². The molecule has 0 aromatic heterocycles. The maximum absolute atomic E-state index is 13.0. The molecule has 30 heavy (non-hydrogen) atoms. The summed E-state index contributed by atoms with van der Waals surface area (Å²) in [5.41, 5.74) is 1.04. The average Bonchev–Trinajstić information content (AvgIpc) is 2.69. The van der Waals surface area contributed by atoms with Crippen molar-refractivity contribution in [2.45, 2.75) is 52.6 Å². The molecule has 0 radical (unpaired) electrons. The number of carboxylic acids is 1. The van der Waals surface area contributed by atoms with E-state index in [-0.39, 0.29) is 30.7 Å². The van der Waals surface area contributed by atoms with Crippen LogP contribution < -0.4 is 20.9 Å². The predicted molar refractivity (Wildman–Crippen MR) is 113 cm³/mol. The van der Waals surface area contributed by atoms with Crippen LogP contribution in [0.25, 0.3) is 0 Å². The maximum atomic E-state index is 13.0. The van der Waals surface area contributed by atoms with Gasteiger partial charge in [0.25, 0.3) is 0 Å². The van der Waals surface area contributed by atoms with Crippen LogP contribution in [0.4, 0.5) is 16.2 Å². The van der Waals surface area contributed by atoms with Gasteiger partial charge in [0.1, 0.15) is 18.6 Å². The molecule has 9 nitrogen and oxygen atoms in total. The molecule has 1 aliphatic rings. The number of benzene rings is 1. The van der Waals surface area contributed by atoms with E-state index in [1.165, 1.54) is 4.90 Å². The minimum atomic E-state index is -1.12. The molecule has 0 saturated carbocycles. The Bertz CT molecular complexity index is 810. The highest BCUT2D eigenvalue weighted by Crippen LogP contribution is 2.29. The number of carbonyl (C=O) groups excluding carboxylic acids is 3. The third-order valence-corrected chi connectivity index (χ3v) is 5.11. The highest BCUT2D eigenvalue weighted by atomic mass is 16.4. The van der Waals surface area contributed by atoms with E-state index in [0.29, 0.717) is 17.8 Å². The zero-order valence-electron chi connectivity index (χ0n) is 17.8. The van der Waals surface area contributed by atoms with Gasteiger partial charge in [-0.15, -0.1) is 0 Å². The second-order valence-corrected chi connectivity index (χ2v) is 7.99. The fourth-order valence-corrected chi connectivity index (χ4v) is 3.28. The fraction of sp³-hybridized carbons (Fsp3) is 0.524. The van der Waals surface area contributed by atoms with E-state index >= 15 is 0 Å². The Balaban J connectivity index is 2.20. The van der Waals surface area contributed by atoms with Gasteiger partial charge in [0.2, 0.25) is 11.8 Å². The van der Waals surface area contributed by atoms with Gasteiger partial charge in [0.15, 0.2) is 0 Å². The van der Waals surface area contributed by atoms with Crippen molar-refractivity contribution in [2.24, 2.45) is 11.8 Å². The molecule has 3 atom stereocenters. The summed E-state index contributed by atoms with van der Waals surface area (Å²) in [6, 6.07) is 4.32. The number of carbonyl (C=O) groups is 4. The number of para-hydroxylation sites is 2. The summed E-state index contributed by atoms with van der Waals surface area (Å²) in [5, 5.41) is 17.4. The molecule has 1 heterocycles. The Morgan fingerprint density at radius 3 is 2.43 bits per heavy atom. The zero-order chi connectivity index (χ0) is 22.4. The Labute approximate surface area is 176 Å². The molecule has 1 aliphatic heterocycles. The molecular weight excluding hydrogens is 388 g/mol. The maximum Gasteiger partial charge on any atom is 0.326 e. The average molecular weight is 418 g/mol. The van der Waals surface area contributed by atoms with Crippen molar-refractivity contribution in [2.75, 3.05) is 16.8 Å². The molecule has 4 N–H and O–H groups in total. The van der Waals surface area contributed by atoms with E-state index < -0.39 is 30.0 Å². The Kier molecular flexibility index (Phi) is 7.79. The smallest absolute Gasteiger partial charge is 0.326 e. The standard InChI is InChI=1S/C21H30N4O5/c1-5-13(4)18(19(27)23-15(20(28)29)10-12(2)3)24-21(30)25-11-17(26)22-14-8-6-7-9-16(14)25/h6-9,12-13,15,18H,5,10-11H2,1-4H3,(H,22,26)(H,23,27)(H,24,30)(H,28,29). The molecular formula is C21H30N4O5. The van der Waals surface area contributed by atoms with Gasteiger partial charge in [0.05, 0.1) is 11.4 Å². The topological polar surface area (TPSA) is 128 Å². The second kappa shape index (κ2) is 10.1. The third-order valence-electron chi connectivity index (χ3n) is 5.11. The van der Waals surface area contributed by atoms with Crippen LogP contribution in [0.15, 0.2) is 24.3 Å². The molecule has 164 valence electrons. The van der Waals surface area contributed by atoms with Crippen molar-refractivity contribution in [3.8, 4) is 0 Å². The van der Waals surface area contributed by atoms with Gasteiger partial charge in [-0.05, 0) is 30.4 Å². The van der Waals surface area contributed by atoms with Crippen LogP contribution in [0.2, 0.25) is 0 Å². The first kappa shape index (κ1) is 23.2. The molecule has 1 aromatic carbocycles. The van der Waals surface area contributed by atoms with Crippen LogP contribution in [0.3, 0.4) is 0 Å². The molecule has 0 spiro atoms. The SMILES string of the molecule is CCC(C)C(NC(=O)N1CC(=O)Nc2ccccc21)C(=O)NC(CC(C)C)C(=O)O. The van der Waals surface area contributed by atoms with Crippen molar-refractivity contribution in [1.82, 2.24) is 10.6 Å². The Morgan fingerprint density at radius 2 is 1.83 bits per heavy atom. The number of hydrogen-bond acceptors (Lipinski definition) is 4. The molecule has 2 rings (SSSR count). The Morgan fingerprint density at radius 1 is 1.17 bits per heavy atom. The van der Waals surface area contributed by atoms with Gasteiger partial charge >= 0.3 is 12.0 Å². The van der Waals surface area contributed by atoms with E-state index in [4.69, 9.17) is 0 Å². The number of nitrogens with one attached hydrogen (secondary N) is 3. The summed E-state index contributed by atoms with van der Waals surface area (Å²) in [6.07, 6.45) is 0.874. The lowest BCUT2D eigenvalue weighted by Gasteiger charge is -2.32. The quantitative estimate of drug-likeness (QED) is 0.514. The minimum absolute atomic E-state index is 0.0754. The van der Waals surface area contributed by atoms with Gasteiger partial charge in [-0.1, -0.05) is 46.2 Å². The number of fused-ring (bicyclic) bond motifs is 1. The molecule has 0 aliphatic carbocycles. The number of hydrogen-bond donors (Lipinski definition) is 4. The van der Waals surface area contributed by atoms with E-state index in [1.807, 2.05) is 20.8 Å². The number of urea groups is 1. The summed E-state index contributed by atoms with van der Waals surface area (Å²) in [7, 11) is 0. The van der Waals surface area contributed by atoms with Crippen LogP contribution >= 0.6 is 0 Å². The highest BCUT2D eigenvalue weighted by Gasteiger charge is 2.33. The summed E-state index contributed by atoms with van der Waals surface area (Å²) in [6.45, 7) is 7.25. The van der Waals surface area contributed by atoms with Crippen molar-refractivity contribution < 1.29 is 24.3 Å². The molecule has 4 amide bonds. The van der Waals surface area contributed by atoms with Gasteiger partial charge in [0, 0.05) is 0 Å². The van der Waals surface area contributed by atoms with E-state index in [9.17, 15) is 24.3 Å². The molecule has 0 bridgehead atoms. The van der Waals surface area contributed by atoms with Gasteiger partial charge < -0.3 is 21.1 Å². The zero-order valence-corrected chi connectivity index (χ0v) is 17.8. The van der Waals surface area contributed by atoms with Crippen LogP contribution in [-0.2, 0) is 14.4 Å². The molecule has 0 saturated heterocycles. The lowest BCUT2D eigenvalue weighted by molar-refractivity contribution is -0.142. The van der Waals surface area contributed by atoms with E-state index in [1.54, 1.807) is 31.2 Å². The Hall–Kier alpha value is -3.10. The van der Waals surface area contributed by atoms with Crippen LogP contribution in [0.5, 0.6) is 0 Å². The first-order chi connectivity index (χ1) is 14.1. The largest absolute Gasteiger partial charge is 0.480 e. The number of aliphatic carboxylic acids is 1. The highest BCUT2D eigenvalue weighted by molar-refractivity contribution is 6.10. The third kappa shape index (κ3) is 5.71. The summed E-state index contributed by atoms with van der Waals surface area (Å²) >= 11 is 0. The molecule has 9 heteroatoms. The lowest BCUT2D eigenvalue weighted by Crippen LogP contribution is -2.57. The van der Waals surface area contributed by atoms with Crippen molar-refractivity contribution in [3.05, 3.63) is 24.3 Å². The summed E-state index contributed by atoms with van der Waals surface area (Å²) < 4.78 is 0. The van der Waals surface area contributed by atoms with E-state index in [0.717, 1.165) is 0 Å². The molecule has 0 fully saturated rings. The number of carboxylic acid groups (broad SMARTS) is 1. The van der Waals surface area contributed by atoms with Gasteiger partial charge in [-0.3, -0.25) is 14.5 Å². The van der Waals surface area contributed by atoms with Gasteiger partial charge in [-0.25, -0.2) is 9.59 Å². The second-order valence-electron chi connectivity index (χ2n) is 7.99. The monoisotopic (exact) mass is 418 g/mol. The number of amides is 4. The van der Waals surface area contributed by atoms with Crippen LogP contribution in [0.1, 0.15) is 40.5 Å². The van der Waals surface area contributed by atoms with Crippen LogP contribution in [-0.4, -0.2) is 47.5 Å². The predicted octanol–water partition coefficient (Wildman–Crippen LogP) is 2.18. The van der Waals surface area contributed by atoms with E-state index in [2.05, 4.69) is 16.0 Å². The summed E-state index contributed by atoms with van der Waals surface area (Å²) in [5.74, 6) is -2.17. The minimum Gasteiger partial charge on any atom is -0.480 e. The van der Waals surface area contributed by atoms with Gasteiger partial charge in [-0.2, -0.15) is 0 Å². The van der Waals surface area contributed by atoms with Crippen LogP contribution in [0, 0.1) is 11.8 Å². The van der Waals surface area contributed by atoms with Crippen molar-refractivity contribution in [3.63, 3.8) is 0 Å². The summed E-state index contributed by atoms with van der Waals surface area (Å²) in [4.78, 5) is 50.7. The molecule has 3 unspecified atom stereocenters. The molecule has 1 aromatic rings. The lowest BCUT2D eigenvalue weighted by atomic mass is 9.97.